The van der Waals surface area contributed by atoms with Gasteiger partial charge in [-0.25, -0.2) is 9.37 Å². The predicted molar refractivity (Wildman–Crippen MR) is 98.3 cm³/mol. The summed E-state index contributed by atoms with van der Waals surface area (Å²) >= 11 is 0. The minimum Gasteiger partial charge on any atom is -0.466 e. The van der Waals surface area contributed by atoms with E-state index in [1.807, 2.05) is 12.1 Å². The van der Waals surface area contributed by atoms with Crippen LogP contribution < -0.4 is 10.6 Å². The number of esters is 1. The summed E-state index contributed by atoms with van der Waals surface area (Å²) in [5.41, 5.74) is 2.82. The number of anilines is 1. The van der Waals surface area contributed by atoms with Crippen molar-refractivity contribution in [2.45, 2.75) is 38.8 Å². The molecule has 0 saturated heterocycles. The molecule has 2 N–H and O–H groups in total. The fourth-order valence-electron chi connectivity index (χ4n) is 3.11. The number of aromatic nitrogens is 1. The summed E-state index contributed by atoms with van der Waals surface area (Å²) in [6, 6.07) is 10.0. The van der Waals surface area contributed by atoms with Crippen molar-refractivity contribution in [1.82, 2.24) is 10.3 Å². The molecule has 1 aromatic heterocycles. The van der Waals surface area contributed by atoms with Crippen molar-refractivity contribution in [2.75, 3.05) is 18.5 Å². The largest absolute Gasteiger partial charge is 0.466 e. The van der Waals surface area contributed by atoms with Crippen molar-refractivity contribution in [2.24, 2.45) is 0 Å². The van der Waals surface area contributed by atoms with Gasteiger partial charge in [0.1, 0.15) is 11.6 Å². The van der Waals surface area contributed by atoms with Gasteiger partial charge >= 0.3 is 5.97 Å². The van der Waals surface area contributed by atoms with Gasteiger partial charge in [-0.1, -0.05) is 18.2 Å². The molecule has 2 heterocycles. The minimum absolute atomic E-state index is 0.139. The highest BCUT2D eigenvalue weighted by Crippen LogP contribution is 2.22. The summed E-state index contributed by atoms with van der Waals surface area (Å²) in [5, 5.41) is 6.63. The van der Waals surface area contributed by atoms with E-state index in [0.29, 0.717) is 18.7 Å². The van der Waals surface area contributed by atoms with Crippen LogP contribution in [-0.2, 0) is 22.5 Å². The number of hydrogen-bond donors (Lipinski definition) is 2. The Morgan fingerprint density at radius 1 is 1.38 bits per heavy atom. The maximum atomic E-state index is 13.6. The third kappa shape index (κ3) is 4.79. The van der Waals surface area contributed by atoms with E-state index in [4.69, 9.17) is 4.74 Å². The lowest BCUT2D eigenvalue weighted by atomic mass is 10.0. The molecule has 1 atom stereocenters. The Hall–Kier alpha value is -2.47. The van der Waals surface area contributed by atoms with Crippen LogP contribution in [0, 0.1) is 5.82 Å². The zero-order chi connectivity index (χ0) is 18.4. The van der Waals surface area contributed by atoms with Gasteiger partial charge in [0.05, 0.1) is 18.7 Å². The average molecular weight is 357 g/mol. The van der Waals surface area contributed by atoms with E-state index < -0.39 is 0 Å². The predicted octanol–water partition coefficient (Wildman–Crippen LogP) is 3.36. The lowest BCUT2D eigenvalue weighted by Crippen LogP contribution is -2.25. The standard InChI is InChI=1S/C20H24FN3O2/c1-2-26-19(25)12-18(15-5-3-7-16(21)11-15)23-13-17-9-8-14-6-4-10-22-20(14)24-17/h3,5,7-9,11,18,23H,2,4,6,10,12-13H2,1H3,(H,22,24). The lowest BCUT2D eigenvalue weighted by molar-refractivity contribution is -0.143. The summed E-state index contributed by atoms with van der Waals surface area (Å²) in [6.45, 7) is 3.51. The number of hydrogen-bond acceptors (Lipinski definition) is 5. The molecule has 0 aliphatic carbocycles. The fraction of sp³-hybridized carbons (Fsp3) is 0.400. The number of rotatable bonds is 7. The molecule has 0 amide bonds. The van der Waals surface area contributed by atoms with Crippen LogP contribution in [0.1, 0.15) is 42.6 Å². The van der Waals surface area contributed by atoms with Crippen LogP contribution in [0.25, 0.3) is 0 Å². The Morgan fingerprint density at radius 2 is 2.27 bits per heavy atom. The summed E-state index contributed by atoms with van der Waals surface area (Å²) in [6.07, 6.45) is 2.30. The molecule has 5 nitrogen and oxygen atoms in total. The molecule has 6 heteroatoms. The van der Waals surface area contributed by atoms with E-state index in [2.05, 4.69) is 21.7 Å². The molecule has 2 aromatic rings. The number of halogens is 1. The van der Waals surface area contributed by atoms with Crippen molar-refractivity contribution in [3.63, 3.8) is 0 Å². The normalized spacial score (nSPS) is 14.2. The molecule has 1 unspecified atom stereocenters. The molecule has 26 heavy (non-hydrogen) atoms. The number of carbonyl (C=O) groups excluding carboxylic acids is 1. The number of fused-ring (bicyclic) bond motifs is 1. The SMILES string of the molecule is CCOC(=O)CC(NCc1ccc2c(n1)NCCC2)c1cccc(F)c1. The van der Waals surface area contributed by atoms with E-state index in [0.717, 1.165) is 30.9 Å². The van der Waals surface area contributed by atoms with E-state index >= 15 is 0 Å². The number of nitrogens with one attached hydrogen (secondary N) is 2. The highest BCUT2D eigenvalue weighted by atomic mass is 19.1. The second-order valence-corrected chi connectivity index (χ2v) is 6.34. The second-order valence-electron chi connectivity index (χ2n) is 6.34. The van der Waals surface area contributed by atoms with Gasteiger partial charge < -0.3 is 15.4 Å². The molecule has 0 spiro atoms. The molecule has 1 aromatic carbocycles. The molecule has 0 saturated carbocycles. The quantitative estimate of drug-likeness (QED) is 0.744. The smallest absolute Gasteiger partial charge is 0.307 e. The van der Waals surface area contributed by atoms with Crippen LogP contribution in [0.2, 0.25) is 0 Å². The second kappa shape index (κ2) is 8.76. The molecular weight excluding hydrogens is 333 g/mol. The van der Waals surface area contributed by atoms with Gasteiger partial charge in [-0.3, -0.25) is 4.79 Å². The molecule has 0 bridgehead atoms. The number of benzene rings is 1. The first-order valence-corrected chi connectivity index (χ1v) is 9.03. The average Bonchev–Trinajstić information content (AvgIpc) is 2.65. The molecular formula is C20H24FN3O2. The molecule has 138 valence electrons. The minimum atomic E-state index is -0.337. The van der Waals surface area contributed by atoms with Crippen molar-refractivity contribution in [3.8, 4) is 0 Å². The van der Waals surface area contributed by atoms with Gasteiger partial charge in [-0.05, 0) is 49.1 Å². The Balaban J connectivity index is 1.71. The maximum Gasteiger partial charge on any atom is 0.307 e. The Morgan fingerprint density at radius 3 is 3.08 bits per heavy atom. The van der Waals surface area contributed by atoms with E-state index in [1.165, 1.54) is 17.7 Å². The van der Waals surface area contributed by atoms with Crippen LogP contribution in [0.3, 0.4) is 0 Å². The molecule has 3 rings (SSSR count). The van der Waals surface area contributed by atoms with Gasteiger partial charge in [0.2, 0.25) is 0 Å². The summed E-state index contributed by atoms with van der Waals surface area (Å²) in [4.78, 5) is 16.6. The van der Waals surface area contributed by atoms with Gasteiger partial charge in [-0.15, -0.1) is 0 Å². The van der Waals surface area contributed by atoms with E-state index in [1.54, 1.807) is 13.0 Å². The van der Waals surface area contributed by atoms with Crippen LogP contribution >= 0.6 is 0 Å². The van der Waals surface area contributed by atoms with E-state index in [-0.39, 0.29) is 24.2 Å². The fourth-order valence-corrected chi connectivity index (χ4v) is 3.11. The highest BCUT2D eigenvalue weighted by molar-refractivity contribution is 5.70. The third-order valence-electron chi connectivity index (χ3n) is 4.41. The Labute approximate surface area is 153 Å². The number of pyridine rings is 1. The summed E-state index contributed by atoms with van der Waals surface area (Å²) < 4.78 is 18.7. The number of nitrogens with zero attached hydrogens (tertiary/aromatic N) is 1. The van der Waals surface area contributed by atoms with Crippen LogP contribution in [0.15, 0.2) is 36.4 Å². The molecule has 1 aliphatic rings. The number of ether oxygens (including phenoxy) is 1. The van der Waals surface area contributed by atoms with Crippen molar-refractivity contribution < 1.29 is 13.9 Å². The van der Waals surface area contributed by atoms with Crippen molar-refractivity contribution in [1.29, 1.82) is 0 Å². The lowest BCUT2D eigenvalue weighted by Gasteiger charge is -2.20. The van der Waals surface area contributed by atoms with Gasteiger partial charge in [0.15, 0.2) is 0 Å². The van der Waals surface area contributed by atoms with Gasteiger partial charge in [-0.2, -0.15) is 0 Å². The highest BCUT2D eigenvalue weighted by Gasteiger charge is 2.18. The maximum absolute atomic E-state index is 13.6. The first-order chi connectivity index (χ1) is 12.7. The van der Waals surface area contributed by atoms with Crippen LogP contribution in [0.5, 0.6) is 0 Å². The first kappa shape index (κ1) is 18.3. The van der Waals surface area contributed by atoms with Gasteiger partial charge in [0, 0.05) is 19.1 Å². The zero-order valence-electron chi connectivity index (χ0n) is 14.9. The molecule has 0 radical (unpaired) electrons. The summed E-state index contributed by atoms with van der Waals surface area (Å²) in [7, 11) is 0. The zero-order valence-corrected chi connectivity index (χ0v) is 14.9. The van der Waals surface area contributed by atoms with Crippen molar-refractivity contribution >= 4 is 11.8 Å². The van der Waals surface area contributed by atoms with Crippen molar-refractivity contribution in [3.05, 3.63) is 59.0 Å². The number of aryl methyl sites for hydroxylation is 1. The summed E-state index contributed by atoms with van der Waals surface area (Å²) in [5.74, 6) is 0.298. The van der Waals surface area contributed by atoms with E-state index in [9.17, 15) is 9.18 Å². The topological polar surface area (TPSA) is 63.2 Å². The molecule has 1 aliphatic heterocycles. The third-order valence-corrected chi connectivity index (χ3v) is 4.41. The van der Waals surface area contributed by atoms with Gasteiger partial charge in [0.25, 0.3) is 0 Å². The molecule has 0 fully saturated rings. The van der Waals surface area contributed by atoms with Crippen LogP contribution in [0.4, 0.5) is 10.2 Å². The Bertz CT molecular complexity index is 766. The monoisotopic (exact) mass is 357 g/mol. The first-order valence-electron chi connectivity index (χ1n) is 9.03. The Kier molecular flexibility index (Phi) is 6.17. The van der Waals surface area contributed by atoms with Crippen LogP contribution in [-0.4, -0.2) is 24.1 Å². The number of carbonyl (C=O) groups is 1.